The first-order chi connectivity index (χ1) is 15.8. The predicted octanol–water partition coefficient (Wildman–Crippen LogP) is 5.50. The minimum Gasteiger partial charge on any atom is -0.350 e. The number of hydrogen-bond acceptors (Lipinski definition) is 4. The van der Waals surface area contributed by atoms with Gasteiger partial charge in [0.25, 0.3) is 17.7 Å². The van der Waals surface area contributed by atoms with Crippen molar-refractivity contribution < 1.29 is 14.4 Å². The number of amides is 3. The fourth-order valence-corrected chi connectivity index (χ4v) is 3.64. The number of benzene rings is 3. The fraction of sp³-hybridized carbons (Fsp3) is 0.115. The van der Waals surface area contributed by atoms with E-state index in [1.54, 1.807) is 48.5 Å². The summed E-state index contributed by atoms with van der Waals surface area (Å²) in [6, 6.07) is 22.9. The van der Waals surface area contributed by atoms with Gasteiger partial charge in [-0.15, -0.1) is 0 Å². The molecule has 0 saturated carbocycles. The van der Waals surface area contributed by atoms with E-state index in [0.717, 1.165) is 10.5 Å². The van der Waals surface area contributed by atoms with E-state index in [1.165, 1.54) is 0 Å². The van der Waals surface area contributed by atoms with Crippen molar-refractivity contribution >= 4 is 46.4 Å². The van der Waals surface area contributed by atoms with Crippen molar-refractivity contribution in [2.45, 2.75) is 19.8 Å². The zero-order valence-corrected chi connectivity index (χ0v) is 18.9. The van der Waals surface area contributed by atoms with Crippen LogP contribution in [0.4, 0.5) is 17.1 Å². The lowest BCUT2D eigenvalue weighted by atomic mass is 10.0. The zero-order valence-electron chi connectivity index (χ0n) is 18.1. The van der Waals surface area contributed by atoms with Gasteiger partial charge in [-0.25, -0.2) is 4.90 Å². The second-order valence-corrected chi connectivity index (χ2v) is 8.28. The van der Waals surface area contributed by atoms with Crippen molar-refractivity contribution in [1.29, 1.82) is 0 Å². The highest BCUT2D eigenvalue weighted by molar-refractivity contribution is 6.53. The molecule has 1 heterocycles. The molecule has 1 aliphatic rings. The number of anilines is 3. The first-order valence-electron chi connectivity index (χ1n) is 10.5. The lowest BCUT2D eigenvalue weighted by Crippen LogP contribution is -2.32. The third kappa shape index (κ3) is 4.66. The van der Waals surface area contributed by atoms with Gasteiger partial charge in [0.2, 0.25) is 0 Å². The van der Waals surface area contributed by atoms with Crippen LogP contribution in [0.3, 0.4) is 0 Å². The third-order valence-electron chi connectivity index (χ3n) is 5.29. The molecular formula is C26H22ClN3O3. The summed E-state index contributed by atoms with van der Waals surface area (Å²) in [5.41, 5.74) is 3.22. The third-order valence-corrected chi connectivity index (χ3v) is 5.64. The first-order valence-corrected chi connectivity index (χ1v) is 10.8. The number of imide groups is 1. The Kier molecular flexibility index (Phi) is 6.29. The molecular weight excluding hydrogens is 438 g/mol. The summed E-state index contributed by atoms with van der Waals surface area (Å²) >= 11 is 6.21. The van der Waals surface area contributed by atoms with Crippen molar-refractivity contribution in [3.8, 4) is 0 Å². The van der Waals surface area contributed by atoms with Gasteiger partial charge in [-0.05, 0) is 60.0 Å². The van der Waals surface area contributed by atoms with Crippen molar-refractivity contribution in [3.05, 3.63) is 101 Å². The Morgan fingerprint density at radius 2 is 1.45 bits per heavy atom. The van der Waals surface area contributed by atoms with E-state index >= 15 is 0 Å². The molecule has 3 aromatic carbocycles. The number of carbonyl (C=O) groups excluding carboxylic acids is 3. The van der Waals surface area contributed by atoms with Crippen molar-refractivity contribution in [1.82, 2.24) is 0 Å². The molecule has 0 aliphatic carbocycles. The van der Waals surface area contributed by atoms with E-state index < -0.39 is 11.8 Å². The van der Waals surface area contributed by atoms with Crippen LogP contribution in [0.1, 0.15) is 35.7 Å². The van der Waals surface area contributed by atoms with Crippen LogP contribution in [0, 0.1) is 0 Å². The second kappa shape index (κ2) is 9.30. The van der Waals surface area contributed by atoms with Gasteiger partial charge in [0.15, 0.2) is 0 Å². The molecule has 0 radical (unpaired) electrons. The van der Waals surface area contributed by atoms with Crippen molar-refractivity contribution in [3.63, 3.8) is 0 Å². The lowest BCUT2D eigenvalue weighted by molar-refractivity contribution is -0.120. The van der Waals surface area contributed by atoms with Gasteiger partial charge >= 0.3 is 0 Å². The van der Waals surface area contributed by atoms with E-state index in [0.29, 0.717) is 28.5 Å². The summed E-state index contributed by atoms with van der Waals surface area (Å²) in [6.45, 7) is 4.14. The van der Waals surface area contributed by atoms with Crippen molar-refractivity contribution in [2.75, 3.05) is 15.5 Å². The highest BCUT2D eigenvalue weighted by atomic mass is 35.5. The van der Waals surface area contributed by atoms with Gasteiger partial charge in [-0.1, -0.05) is 55.8 Å². The Balaban J connectivity index is 1.47. The normalized spacial score (nSPS) is 13.6. The van der Waals surface area contributed by atoms with Crippen LogP contribution < -0.4 is 15.5 Å². The topological polar surface area (TPSA) is 78.5 Å². The molecule has 0 atom stereocenters. The summed E-state index contributed by atoms with van der Waals surface area (Å²) in [5.74, 6) is -1.04. The Morgan fingerprint density at radius 1 is 0.818 bits per heavy atom. The smallest absolute Gasteiger partial charge is 0.283 e. The molecule has 4 rings (SSSR count). The number of nitrogens with one attached hydrogen (secondary N) is 2. The summed E-state index contributed by atoms with van der Waals surface area (Å²) in [4.78, 5) is 39.1. The molecule has 2 N–H and O–H groups in total. The quantitative estimate of drug-likeness (QED) is 0.477. The number of hydrogen-bond donors (Lipinski definition) is 2. The second-order valence-electron chi connectivity index (χ2n) is 7.90. The maximum absolute atomic E-state index is 13.0. The van der Waals surface area contributed by atoms with E-state index in [1.807, 2.05) is 30.3 Å². The van der Waals surface area contributed by atoms with E-state index in [2.05, 4.69) is 24.5 Å². The Morgan fingerprint density at radius 3 is 2.06 bits per heavy atom. The minimum absolute atomic E-state index is 0.00362. The number of halogens is 1. The summed E-state index contributed by atoms with van der Waals surface area (Å²) in [6.07, 6.45) is 0. The summed E-state index contributed by atoms with van der Waals surface area (Å²) in [5, 5.41) is 5.55. The average molecular weight is 460 g/mol. The number of rotatable bonds is 6. The molecule has 0 aromatic heterocycles. The Labute approximate surface area is 196 Å². The Hall–Kier alpha value is -3.90. The van der Waals surface area contributed by atoms with Crippen LogP contribution >= 0.6 is 11.6 Å². The van der Waals surface area contributed by atoms with Gasteiger partial charge in [-0.3, -0.25) is 14.4 Å². The van der Waals surface area contributed by atoms with E-state index in [4.69, 9.17) is 11.6 Å². The maximum atomic E-state index is 13.0. The van der Waals surface area contributed by atoms with Crippen LogP contribution in [0.2, 0.25) is 0 Å². The Bertz CT molecular complexity index is 1230. The SMILES string of the molecule is CC(C)c1ccc(N2C(=O)C(Cl)=C(Nc3ccc(C(=O)Nc4ccccc4)cc3)C2=O)cc1. The molecule has 33 heavy (non-hydrogen) atoms. The molecule has 0 bridgehead atoms. The van der Waals surface area contributed by atoms with E-state index in [-0.39, 0.29) is 16.6 Å². The van der Waals surface area contributed by atoms with Crippen molar-refractivity contribution in [2.24, 2.45) is 0 Å². The number of para-hydroxylation sites is 1. The molecule has 0 unspecified atom stereocenters. The number of nitrogens with zero attached hydrogens (tertiary/aromatic N) is 1. The fourth-order valence-electron chi connectivity index (χ4n) is 3.43. The van der Waals surface area contributed by atoms with Crippen LogP contribution in [-0.2, 0) is 9.59 Å². The predicted molar refractivity (Wildman–Crippen MR) is 130 cm³/mol. The highest BCUT2D eigenvalue weighted by Gasteiger charge is 2.38. The monoisotopic (exact) mass is 459 g/mol. The summed E-state index contributed by atoms with van der Waals surface area (Å²) in [7, 11) is 0. The van der Waals surface area contributed by atoms with Gasteiger partial charge in [0, 0.05) is 16.9 Å². The molecule has 0 fully saturated rings. The van der Waals surface area contributed by atoms with Gasteiger partial charge in [0.05, 0.1) is 5.69 Å². The molecule has 3 amide bonds. The van der Waals surface area contributed by atoms with Crippen LogP contribution in [0.15, 0.2) is 89.6 Å². The molecule has 6 nitrogen and oxygen atoms in total. The van der Waals surface area contributed by atoms with Crippen LogP contribution in [0.25, 0.3) is 0 Å². The zero-order chi connectivity index (χ0) is 23.5. The van der Waals surface area contributed by atoms with Crippen LogP contribution in [-0.4, -0.2) is 17.7 Å². The van der Waals surface area contributed by atoms with Gasteiger partial charge < -0.3 is 10.6 Å². The minimum atomic E-state index is -0.583. The molecule has 7 heteroatoms. The molecule has 0 saturated heterocycles. The van der Waals surface area contributed by atoms with E-state index in [9.17, 15) is 14.4 Å². The lowest BCUT2D eigenvalue weighted by Gasteiger charge is -2.16. The molecule has 166 valence electrons. The average Bonchev–Trinajstić information content (AvgIpc) is 3.03. The first kappa shape index (κ1) is 22.3. The standard InChI is InChI=1S/C26H22ClN3O3/c1-16(2)17-10-14-21(15-11-17)30-25(32)22(27)23(26(30)33)28-20-12-8-18(9-13-20)24(31)29-19-6-4-3-5-7-19/h3-16,28H,1-2H3,(H,29,31). The largest absolute Gasteiger partial charge is 0.350 e. The van der Waals surface area contributed by atoms with Crippen LogP contribution in [0.5, 0.6) is 0 Å². The summed E-state index contributed by atoms with van der Waals surface area (Å²) < 4.78 is 0. The maximum Gasteiger partial charge on any atom is 0.283 e. The van der Waals surface area contributed by atoms with Gasteiger partial charge in [0.1, 0.15) is 10.7 Å². The number of carbonyl (C=O) groups is 3. The molecule has 0 spiro atoms. The molecule has 1 aliphatic heterocycles. The highest BCUT2D eigenvalue weighted by Crippen LogP contribution is 2.31. The van der Waals surface area contributed by atoms with Gasteiger partial charge in [-0.2, -0.15) is 0 Å². The molecule has 3 aromatic rings.